The van der Waals surface area contributed by atoms with Gasteiger partial charge in [-0.05, 0) is 29.3 Å². The molecule has 0 saturated heterocycles. The molecule has 2 rings (SSSR count). The number of carbonyl (C=O) groups is 1. The largest absolute Gasteiger partial charge is 0.338 e. The second-order valence-corrected chi connectivity index (χ2v) is 6.39. The van der Waals surface area contributed by atoms with Crippen LogP contribution in [0.1, 0.15) is 30.3 Å². The molecule has 0 aliphatic carbocycles. The number of nitrogens with one attached hydrogen (secondary N) is 2. The fraction of sp³-hybridized carbons (Fsp3) is 0.467. The van der Waals surface area contributed by atoms with Crippen molar-refractivity contribution in [3.63, 3.8) is 0 Å². The molecule has 114 valence electrons. The van der Waals surface area contributed by atoms with Gasteiger partial charge >= 0.3 is 6.03 Å². The van der Waals surface area contributed by atoms with E-state index in [9.17, 15) is 4.79 Å². The van der Waals surface area contributed by atoms with Crippen LogP contribution in [0.15, 0.2) is 29.9 Å². The molecule has 0 bridgehead atoms. The second kappa shape index (κ2) is 7.26. The predicted molar refractivity (Wildman–Crippen MR) is 85.3 cm³/mol. The predicted octanol–water partition coefficient (Wildman–Crippen LogP) is 2.72. The van der Waals surface area contributed by atoms with Gasteiger partial charge in [-0.1, -0.05) is 19.9 Å². The van der Waals surface area contributed by atoms with Crippen LogP contribution in [0.5, 0.6) is 0 Å². The first-order chi connectivity index (χ1) is 10.1. The third-order valence-corrected chi connectivity index (χ3v) is 4.22. The van der Waals surface area contributed by atoms with E-state index in [1.807, 2.05) is 30.9 Å². The van der Waals surface area contributed by atoms with Gasteiger partial charge in [-0.15, -0.1) is 11.3 Å². The maximum atomic E-state index is 12.0. The highest BCUT2D eigenvalue weighted by molar-refractivity contribution is 7.10. The van der Waals surface area contributed by atoms with Gasteiger partial charge < -0.3 is 10.6 Å². The summed E-state index contributed by atoms with van der Waals surface area (Å²) < 4.78 is 1.76. The van der Waals surface area contributed by atoms with Crippen LogP contribution in [0, 0.1) is 5.92 Å². The molecule has 2 N–H and O–H groups in total. The van der Waals surface area contributed by atoms with Crippen molar-refractivity contribution in [1.82, 2.24) is 20.4 Å². The second-order valence-electron chi connectivity index (χ2n) is 5.41. The third kappa shape index (κ3) is 4.60. The van der Waals surface area contributed by atoms with Gasteiger partial charge in [0.05, 0.1) is 12.2 Å². The summed E-state index contributed by atoms with van der Waals surface area (Å²) in [5.74, 6) is 0.354. The summed E-state index contributed by atoms with van der Waals surface area (Å²) in [5, 5.41) is 12.1. The number of rotatable bonds is 6. The van der Waals surface area contributed by atoms with Crippen LogP contribution in [0.2, 0.25) is 0 Å². The Morgan fingerprint density at radius 1 is 1.48 bits per heavy atom. The molecule has 2 aromatic rings. The number of aryl methyl sites for hydroxylation is 1. The Kier molecular flexibility index (Phi) is 5.38. The fourth-order valence-electron chi connectivity index (χ4n) is 2.15. The van der Waals surface area contributed by atoms with Crippen LogP contribution < -0.4 is 10.6 Å². The first kappa shape index (κ1) is 15.6. The van der Waals surface area contributed by atoms with Gasteiger partial charge in [0.15, 0.2) is 0 Å². The molecule has 0 aromatic carbocycles. The normalized spacial score (nSPS) is 12.4. The summed E-state index contributed by atoms with van der Waals surface area (Å²) in [6, 6.07) is 4.01. The topological polar surface area (TPSA) is 59.0 Å². The molecule has 0 aliphatic heterocycles. The number of urea groups is 1. The Bertz CT molecular complexity index is 562. The number of aromatic nitrogens is 2. The van der Waals surface area contributed by atoms with Gasteiger partial charge in [-0.25, -0.2) is 4.79 Å². The zero-order valence-electron chi connectivity index (χ0n) is 12.7. The molecule has 2 aromatic heterocycles. The third-order valence-electron chi connectivity index (χ3n) is 3.26. The van der Waals surface area contributed by atoms with E-state index in [1.54, 1.807) is 16.0 Å². The molecule has 5 nitrogen and oxygen atoms in total. The molecular weight excluding hydrogens is 284 g/mol. The maximum absolute atomic E-state index is 12.0. The van der Waals surface area contributed by atoms with Gasteiger partial charge in [-0.3, -0.25) is 4.68 Å². The van der Waals surface area contributed by atoms with E-state index < -0.39 is 0 Å². The lowest BCUT2D eigenvalue weighted by Crippen LogP contribution is -2.40. The van der Waals surface area contributed by atoms with Crippen molar-refractivity contribution in [1.29, 1.82) is 0 Å². The molecule has 21 heavy (non-hydrogen) atoms. The van der Waals surface area contributed by atoms with Crippen molar-refractivity contribution < 1.29 is 4.79 Å². The van der Waals surface area contributed by atoms with E-state index >= 15 is 0 Å². The van der Waals surface area contributed by atoms with Gasteiger partial charge in [-0.2, -0.15) is 5.10 Å². The highest BCUT2D eigenvalue weighted by Crippen LogP contribution is 2.25. The first-order valence-corrected chi connectivity index (χ1v) is 7.99. The number of amides is 2. The highest BCUT2D eigenvalue weighted by atomic mass is 32.1. The average molecular weight is 306 g/mol. The summed E-state index contributed by atoms with van der Waals surface area (Å²) in [6.07, 6.45) is 4.57. The van der Waals surface area contributed by atoms with Crippen molar-refractivity contribution in [2.75, 3.05) is 6.54 Å². The van der Waals surface area contributed by atoms with Gasteiger partial charge in [0.25, 0.3) is 0 Å². The summed E-state index contributed by atoms with van der Waals surface area (Å²) in [7, 11) is 1.89. The van der Waals surface area contributed by atoms with E-state index in [1.165, 1.54) is 4.88 Å². The first-order valence-electron chi connectivity index (χ1n) is 7.11. The van der Waals surface area contributed by atoms with Gasteiger partial charge in [0.2, 0.25) is 0 Å². The number of thiophene rings is 1. The average Bonchev–Trinajstić information content (AvgIpc) is 3.07. The minimum absolute atomic E-state index is 0.0587. The fourth-order valence-corrected chi connectivity index (χ4v) is 3.10. The lowest BCUT2D eigenvalue weighted by molar-refractivity contribution is 0.233. The van der Waals surface area contributed by atoms with E-state index in [0.717, 1.165) is 12.0 Å². The summed E-state index contributed by atoms with van der Waals surface area (Å²) >= 11 is 1.67. The Morgan fingerprint density at radius 2 is 2.29 bits per heavy atom. The standard InChI is InChI=1S/C15H22N4OS/c1-11(2)14(13-5-4-8-21-13)18-15(20)16-7-6-12-9-17-19(3)10-12/h4-5,8-11,14H,6-7H2,1-3H3,(H2,16,18,20)/t14-/m0/s1. The molecule has 0 spiro atoms. The van der Waals surface area contributed by atoms with Crippen LogP contribution in [0.3, 0.4) is 0 Å². The van der Waals surface area contributed by atoms with Crippen LogP contribution in [0.25, 0.3) is 0 Å². The van der Waals surface area contributed by atoms with E-state index in [-0.39, 0.29) is 12.1 Å². The Morgan fingerprint density at radius 3 is 2.86 bits per heavy atom. The Hall–Kier alpha value is -1.82. The molecule has 1 atom stereocenters. The summed E-state index contributed by atoms with van der Waals surface area (Å²) in [4.78, 5) is 13.2. The molecular formula is C15H22N4OS. The van der Waals surface area contributed by atoms with Crippen molar-refractivity contribution in [2.45, 2.75) is 26.3 Å². The SMILES string of the molecule is CC(C)[C@H](NC(=O)NCCc1cnn(C)c1)c1cccs1. The molecule has 2 amide bonds. The van der Waals surface area contributed by atoms with Crippen LogP contribution in [-0.4, -0.2) is 22.4 Å². The van der Waals surface area contributed by atoms with Crippen LogP contribution in [0.4, 0.5) is 4.79 Å². The number of hydrogen-bond acceptors (Lipinski definition) is 3. The molecule has 0 fully saturated rings. The summed E-state index contributed by atoms with van der Waals surface area (Å²) in [5.41, 5.74) is 1.12. The minimum atomic E-state index is -0.119. The summed E-state index contributed by atoms with van der Waals surface area (Å²) in [6.45, 7) is 4.83. The molecule has 6 heteroatoms. The number of nitrogens with zero attached hydrogens (tertiary/aromatic N) is 2. The lowest BCUT2D eigenvalue weighted by Gasteiger charge is -2.21. The van der Waals surface area contributed by atoms with Crippen molar-refractivity contribution in [2.24, 2.45) is 13.0 Å². The number of carbonyl (C=O) groups excluding carboxylic acids is 1. The van der Waals surface area contributed by atoms with Crippen molar-refractivity contribution in [3.05, 3.63) is 40.3 Å². The lowest BCUT2D eigenvalue weighted by atomic mass is 10.0. The Balaban J connectivity index is 1.80. The van der Waals surface area contributed by atoms with Crippen LogP contribution in [-0.2, 0) is 13.5 Å². The maximum Gasteiger partial charge on any atom is 0.315 e. The minimum Gasteiger partial charge on any atom is -0.338 e. The molecule has 0 radical (unpaired) electrons. The molecule has 2 heterocycles. The molecule has 0 unspecified atom stereocenters. The molecule has 0 aliphatic rings. The van der Waals surface area contributed by atoms with E-state index in [4.69, 9.17) is 0 Å². The highest BCUT2D eigenvalue weighted by Gasteiger charge is 2.18. The van der Waals surface area contributed by atoms with E-state index in [2.05, 4.69) is 35.6 Å². The van der Waals surface area contributed by atoms with Gasteiger partial charge in [0.1, 0.15) is 0 Å². The van der Waals surface area contributed by atoms with Crippen LogP contribution >= 0.6 is 11.3 Å². The monoisotopic (exact) mass is 306 g/mol. The van der Waals surface area contributed by atoms with Gasteiger partial charge in [0, 0.05) is 24.7 Å². The Labute approximate surface area is 129 Å². The smallest absolute Gasteiger partial charge is 0.315 e. The zero-order valence-corrected chi connectivity index (χ0v) is 13.5. The quantitative estimate of drug-likeness (QED) is 0.862. The molecule has 0 saturated carbocycles. The van der Waals surface area contributed by atoms with E-state index in [0.29, 0.717) is 12.5 Å². The van der Waals surface area contributed by atoms with Crippen molar-refractivity contribution >= 4 is 17.4 Å². The zero-order chi connectivity index (χ0) is 15.2. The van der Waals surface area contributed by atoms with Crippen molar-refractivity contribution in [3.8, 4) is 0 Å². The number of hydrogen-bond donors (Lipinski definition) is 2.